The maximum absolute atomic E-state index is 12.2. The van der Waals surface area contributed by atoms with Crippen molar-refractivity contribution in [2.75, 3.05) is 5.32 Å². The highest BCUT2D eigenvalue weighted by Crippen LogP contribution is 2.31. The summed E-state index contributed by atoms with van der Waals surface area (Å²) in [6.07, 6.45) is 8.08. The second-order valence-electron chi connectivity index (χ2n) is 5.28. The molecule has 22 heavy (non-hydrogen) atoms. The molecule has 4 nitrogen and oxygen atoms in total. The highest BCUT2D eigenvalue weighted by molar-refractivity contribution is 9.10. The van der Waals surface area contributed by atoms with Crippen molar-refractivity contribution in [3.63, 3.8) is 0 Å². The van der Waals surface area contributed by atoms with Crippen molar-refractivity contribution in [1.82, 2.24) is 4.98 Å². The third kappa shape index (κ3) is 5.05. The molecule has 2 rings (SSSR count). The molecule has 1 aliphatic rings. The van der Waals surface area contributed by atoms with Gasteiger partial charge in [0.05, 0.1) is 0 Å². The van der Waals surface area contributed by atoms with Crippen LogP contribution in [0.4, 0.5) is 14.5 Å². The van der Waals surface area contributed by atoms with E-state index in [1.165, 1.54) is 12.4 Å². The summed E-state index contributed by atoms with van der Waals surface area (Å²) in [4.78, 5) is 7.23. The summed E-state index contributed by atoms with van der Waals surface area (Å²) < 4.78 is 25.1. The Morgan fingerprint density at radius 2 is 2.14 bits per heavy atom. The molecule has 0 radical (unpaired) electrons. The summed E-state index contributed by atoms with van der Waals surface area (Å²) in [5.74, 6) is 0.203. The van der Waals surface area contributed by atoms with E-state index in [1.54, 1.807) is 6.20 Å². The van der Waals surface area contributed by atoms with Crippen LogP contribution in [0.25, 0.3) is 0 Å². The minimum Gasteiger partial charge on any atom is -0.404 e. The molecular weight excluding hydrogens is 354 g/mol. The minimum atomic E-state index is -2.68. The third-order valence-electron chi connectivity index (χ3n) is 3.82. The van der Waals surface area contributed by atoms with Gasteiger partial charge in [-0.05, 0) is 71.4 Å². The molecule has 0 unspecified atom stereocenters. The number of aromatic nitrogens is 1. The lowest BCUT2D eigenvalue weighted by Gasteiger charge is -2.30. The number of alkyl halides is 2. The summed E-state index contributed by atoms with van der Waals surface area (Å²) in [6.45, 7) is -2.68. The van der Waals surface area contributed by atoms with E-state index >= 15 is 0 Å². The number of nitrogens with one attached hydrogen (secondary N) is 1. The number of rotatable bonds is 5. The second kappa shape index (κ2) is 8.22. The number of allylic oxidation sites excluding steroid dienone is 1. The van der Waals surface area contributed by atoms with Gasteiger partial charge in [-0.1, -0.05) is 0 Å². The van der Waals surface area contributed by atoms with Crippen LogP contribution in [-0.4, -0.2) is 23.8 Å². The quantitative estimate of drug-likeness (QED) is 0.467. The van der Waals surface area contributed by atoms with Gasteiger partial charge in [0, 0.05) is 24.1 Å². The Morgan fingerprint density at radius 1 is 1.41 bits per heavy atom. The highest BCUT2D eigenvalue weighted by Gasteiger charge is 2.23. The smallest absolute Gasteiger partial charge is 0.331 e. The van der Waals surface area contributed by atoms with Crippen molar-refractivity contribution in [2.24, 2.45) is 16.6 Å². The fraction of sp³-hybridized carbons (Fsp3) is 0.467. The first-order chi connectivity index (χ1) is 10.6. The zero-order valence-corrected chi connectivity index (χ0v) is 13.6. The number of nitrogens with zero attached hydrogens (tertiary/aromatic N) is 2. The summed E-state index contributed by atoms with van der Waals surface area (Å²) in [6, 6.07) is 4.24. The minimum absolute atomic E-state index is 0.203. The fourth-order valence-corrected chi connectivity index (χ4v) is 3.09. The van der Waals surface area contributed by atoms with E-state index in [2.05, 4.69) is 31.2 Å². The van der Waals surface area contributed by atoms with E-state index in [-0.39, 0.29) is 5.92 Å². The van der Waals surface area contributed by atoms with Gasteiger partial charge in [-0.25, -0.2) is 9.98 Å². The fourth-order valence-electron chi connectivity index (χ4n) is 2.73. The van der Waals surface area contributed by atoms with Gasteiger partial charge in [0.25, 0.3) is 0 Å². The van der Waals surface area contributed by atoms with Gasteiger partial charge >= 0.3 is 6.55 Å². The Balaban J connectivity index is 1.87. The molecule has 0 saturated heterocycles. The Kier molecular flexibility index (Phi) is 6.30. The number of hydrogen-bond donors (Lipinski definition) is 2. The van der Waals surface area contributed by atoms with E-state index < -0.39 is 6.55 Å². The molecule has 120 valence electrons. The Hall–Kier alpha value is -1.50. The summed E-state index contributed by atoms with van der Waals surface area (Å²) >= 11 is 3.35. The maximum Gasteiger partial charge on any atom is 0.331 e. The van der Waals surface area contributed by atoms with E-state index in [1.807, 2.05) is 12.1 Å². The second-order valence-corrected chi connectivity index (χ2v) is 6.10. The lowest BCUT2D eigenvalue weighted by molar-refractivity contribution is 0.160. The van der Waals surface area contributed by atoms with E-state index in [0.29, 0.717) is 11.6 Å². The van der Waals surface area contributed by atoms with Gasteiger partial charge < -0.3 is 11.1 Å². The number of hydrogen-bond acceptors (Lipinski definition) is 4. The Labute approximate surface area is 137 Å². The molecule has 1 fully saturated rings. The van der Waals surface area contributed by atoms with Crippen molar-refractivity contribution in [3.05, 3.63) is 34.7 Å². The number of aliphatic imine (C=N–C) groups is 1. The van der Waals surface area contributed by atoms with Crippen LogP contribution in [-0.2, 0) is 0 Å². The molecule has 0 amide bonds. The van der Waals surface area contributed by atoms with Crippen molar-refractivity contribution < 1.29 is 8.78 Å². The molecule has 0 aromatic carbocycles. The molecule has 0 bridgehead atoms. The molecular formula is C15H19BrF2N4. The zero-order valence-electron chi connectivity index (χ0n) is 12.1. The highest BCUT2D eigenvalue weighted by atomic mass is 79.9. The first-order valence-electron chi connectivity index (χ1n) is 7.19. The number of pyridine rings is 1. The largest absolute Gasteiger partial charge is 0.404 e. The molecule has 1 heterocycles. The van der Waals surface area contributed by atoms with Gasteiger partial charge in [-0.15, -0.1) is 0 Å². The Morgan fingerprint density at radius 3 is 2.73 bits per heavy atom. The molecule has 1 saturated carbocycles. The summed E-state index contributed by atoms with van der Waals surface area (Å²) in [5.41, 5.74) is 7.27. The molecule has 0 atom stereocenters. The van der Waals surface area contributed by atoms with Crippen LogP contribution in [0.15, 0.2) is 39.7 Å². The van der Waals surface area contributed by atoms with Crippen LogP contribution >= 0.6 is 15.9 Å². The first-order valence-corrected chi connectivity index (χ1v) is 7.99. The van der Waals surface area contributed by atoms with Crippen LogP contribution < -0.4 is 11.1 Å². The van der Waals surface area contributed by atoms with E-state index in [4.69, 9.17) is 5.73 Å². The lowest BCUT2D eigenvalue weighted by Crippen LogP contribution is -2.27. The lowest BCUT2D eigenvalue weighted by atomic mass is 9.82. The third-order valence-corrected chi connectivity index (χ3v) is 4.26. The van der Waals surface area contributed by atoms with Gasteiger partial charge in [-0.3, -0.25) is 0 Å². The average molecular weight is 373 g/mol. The van der Waals surface area contributed by atoms with Crippen LogP contribution in [0, 0.1) is 5.92 Å². The SMILES string of the molecule is NC=C(C=NC(F)F)C1CCC(Nc2ccnc(Br)c2)CC1. The van der Waals surface area contributed by atoms with Gasteiger partial charge in [0.1, 0.15) is 4.60 Å². The normalized spacial score (nSPS) is 23.2. The predicted molar refractivity (Wildman–Crippen MR) is 88.1 cm³/mol. The van der Waals surface area contributed by atoms with Crippen molar-refractivity contribution in [2.45, 2.75) is 38.3 Å². The van der Waals surface area contributed by atoms with Crippen molar-refractivity contribution in [3.8, 4) is 0 Å². The monoisotopic (exact) mass is 372 g/mol. The molecule has 7 heteroatoms. The van der Waals surface area contributed by atoms with Crippen molar-refractivity contribution in [1.29, 1.82) is 0 Å². The van der Waals surface area contributed by atoms with Crippen molar-refractivity contribution >= 4 is 27.8 Å². The average Bonchev–Trinajstić information content (AvgIpc) is 2.49. The number of anilines is 1. The predicted octanol–water partition coefficient (Wildman–Crippen LogP) is 3.95. The maximum atomic E-state index is 12.2. The molecule has 1 aliphatic carbocycles. The Bertz CT molecular complexity index is 540. The van der Waals surface area contributed by atoms with Gasteiger partial charge in [-0.2, -0.15) is 8.78 Å². The van der Waals surface area contributed by atoms with E-state index in [9.17, 15) is 8.78 Å². The van der Waals surface area contributed by atoms with Gasteiger partial charge in [0.2, 0.25) is 0 Å². The standard InChI is InChI=1S/C15H19BrF2N4/c16-14-7-13(5-6-20-14)22-12-3-1-10(2-4-12)11(8-19)9-21-15(17)18/h5-10,12,15H,1-4,19H2,(H,20,22). The molecule has 3 N–H and O–H groups in total. The molecule has 1 aromatic rings. The topological polar surface area (TPSA) is 63.3 Å². The van der Waals surface area contributed by atoms with Crippen LogP contribution in [0.2, 0.25) is 0 Å². The summed E-state index contributed by atoms with van der Waals surface area (Å²) in [5, 5.41) is 3.48. The first kappa shape index (κ1) is 16.9. The zero-order chi connectivity index (χ0) is 15.9. The van der Waals surface area contributed by atoms with Crippen LogP contribution in [0.5, 0.6) is 0 Å². The molecule has 0 spiro atoms. The van der Waals surface area contributed by atoms with Crippen LogP contribution in [0.3, 0.4) is 0 Å². The molecule has 1 aromatic heterocycles. The number of halogens is 3. The number of nitrogens with two attached hydrogens (primary N) is 1. The summed E-state index contributed by atoms with van der Waals surface area (Å²) in [7, 11) is 0. The van der Waals surface area contributed by atoms with Gasteiger partial charge in [0.15, 0.2) is 0 Å². The molecule has 0 aliphatic heterocycles. The van der Waals surface area contributed by atoms with E-state index in [0.717, 1.165) is 36.0 Å². The van der Waals surface area contributed by atoms with Crippen LogP contribution in [0.1, 0.15) is 25.7 Å².